The molecule has 0 radical (unpaired) electrons. The van der Waals surface area contributed by atoms with Crippen LogP contribution < -0.4 is 5.73 Å². The van der Waals surface area contributed by atoms with Crippen LogP contribution >= 0.6 is 0 Å². The Kier molecular flexibility index (Phi) is 3.09. The largest absolute Gasteiger partial charge is 0.369 e. The molecule has 0 aliphatic rings. The number of primary amides is 1. The van der Waals surface area contributed by atoms with Gasteiger partial charge in [0.2, 0.25) is 5.91 Å². The van der Waals surface area contributed by atoms with Gasteiger partial charge in [-0.15, -0.1) is 0 Å². The third-order valence-electron chi connectivity index (χ3n) is 2.92. The molecule has 5 heteroatoms. The van der Waals surface area contributed by atoms with Gasteiger partial charge < -0.3 is 5.73 Å². The summed E-state index contributed by atoms with van der Waals surface area (Å²) in [5.74, 6) is -0.844. The summed E-state index contributed by atoms with van der Waals surface area (Å²) in [6.45, 7) is 1.30. The van der Waals surface area contributed by atoms with Crippen LogP contribution in [-0.4, -0.2) is 19.6 Å². The number of amides is 1. The van der Waals surface area contributed by atoms with E-state index in [0.717, 1.165) is 10.8 Å². The topological polar surface area (TPSA) is 77.2 Å². The van der Waals surface area contributed by atoms with Crippen molar-refractivity contribution in [2.24, 2.45) is 5.73 Å². The van der Waals surface area contributed by atoms with Crippen LogP contribution in [0, 0.1) is 0 Å². The molecule has 2 rings (SSSR count). The van der Waals surface area contributed by atoms with Crippen molar-refractivity contribution < 1.29 is 13.2 Å². The lowest BCUT2D eigenvalue weighted by molar-refractivity contribution is -0.117. The number of carbonyl (C=O) groups is 1. The minimum absolute atomic E-state index is 0.118. The molecule has 1 atom stereocenters. The highest BCUT2D eigenvalue weighted by molar-refractivity contribution is 7.92. The molecular formula is C13H13NO3S. The first kappa shape index (κ1) is 12.6. The number of fused-ring (bicyclic) bond motifs is 1. The van der Waals surface area contributed by atoms with Crippen LogP contribution in [0.5, 0.6) is 0 Å². The summed E-state index contributed by atoms with van der Waals surface area (Å²) in [5, 5.41) is 0.539. The molecule has 0 heterocycles. The Morgan fingerprint density at radius 2 is 1.72 bits per heavy atom. The highest BCUT2D eigenvalue weighted by Crippen LogP contribution is 2.22. The number of nitrogens with two attached hydrogens (primary N) is 1. The third kappa shape index (κ3) is 2.09. The van der Waals surface area contributed by atoms with Crippen molar-refractivity contribution in [1.29, 1.82) is 0 Å². The van der Waals surface area contributed by atoms with Gasteiger partial charge >= 0.3 is 0 Å². The average molecular weight is 263 g/mol. The van der Waals surface area contributed by atoms with E-state index in [1.165, 1.54) is 13.0 Å². The zero-order valence-corrected chi connectivity index (χ0v) is 10.6. The maximum atomic E-state index is 12.1. The standard InChI is InChI=1S/C13H13NO3S/c1-9(13(14)15)18(16,17)12-7-6-10-4-2-3-5-11(10)8-12/h2-9H,1H3,(H2,14,15)/t9-/m1/s1. The second-order valence-corrected chi connectivity index (χ2v) is 6.37. The number of hydrogen-bond donors (Lipinski definition) is 1. The van der Waals surface area contributed by atoms with Crippen molar-refractivity contribution >= 4 is 26.5 Å². The van der Waals surface area contributed by atoms with Gasteiger partial charge in [-0.3, -0.25) is 4.79 Å². The van der Waals surface area contributed by atoms with Gasteiger partial charge in [0.1, 0.15) is 5.25 Å². The number of sulfone groups is 1. The fourth-order valence-corrected chi connectivity index (χ4v) is 2.96. The summed E-state index contributed by atoms with van der Waals surface area (Å²) in [6.07, 6.45) is 0. The lowest BCUT2D eigenvalue weighted by atomic mass is 10.1. The van der Waals surface area contributed by atoms with Crippen molar-refractivity contribution in [3.63, 3.8) is 0 Å². The molecule has 94 valence electrons. The third-order valence-corrected chi connectivity index (χ3v) is 4.99. The molecule has 0 aromatic heterocycles. The van der Waals surface area contributed by atoms with Crippen molar-refractivity contribution in [2.75, 3.05) is 0 Å². The predicted octanol–water partition coefficient (Wildman–Crippen LogP) is 1.49. The van der Waals surface area contributed by atoms with E-state index in [9.17, 15) is 13.2 Å². The van der Waals surface area contributed by atoms with E-state index >= 15 is 0 Å². The van der Waals surface area contributed by atoms with E-state index in [2.05, 4.69) is 0 Å². The molecule has 0 aliphatic carbocycles. The summed E-state index contributed by atoms with van der Waals surface area (Å²) < 4.78 is 24.2. The molecule has 4 nitrogen and oxygen atoms in total. The number of hydrogen-bond acceptors (Lipinski definition) is 3. The highest BCUT2D eigenvalue weighted by Gasteiger charge is 2.27. The summed E-state index contributed by atoms with van der Waals surface area (Å²) in [4.78, 5) is 11.1. The maximum Gasteiger partial charge on any atom is 0.235 e. The fourth-order valence-electron chi connectivity index (χ4n) is 1.70. The zero-order chi connectivity index (χ0) is 13.3. The van der Waals surface area contributed by atoms with Crippen molar-refractivity contribution in [3.05, 3.63) is 42.5 Å². The van der Waals surface area contributed by atoms with E-state index < -0.39 is 21.0 Å². The molecule has 0 bridgehead atoms. The Hall–Kier alpha value is -1.88. The minimum atomic E-state index is -3.70. The van der Waals surface area contributed by atoms with Crippen molar-refractivity contribution in [2.45, 2.75) is 17.1 Å². The molecule has 2 aromatic rings. The smallest absolute Gasteiger partial charge is 0.235 e. The Balaban J connectivity index is 2.58. The molecule has 0 fully saturated rings. The van der Waals surface area contributed by atoms with Gasteiger partial charge in [0.25, 0.3) is 0 Å². The molecule has 18 heavy (non-hydrogen) atoms. The number of rotatable bonds is 3. The molecular weight excluding hydrogens is 250 g/mol. The summed E-state index contributed by atoms with van der Waals surface area (Å²) >= 11 is 0. The van der Waals surface area contributed by atoms with Crippen molar-refractivity contribution in [1.82, 2.24) is 0 Å². The van der Waals surface area contributed by atoms with Crippen LogP contribution in [0.1, 0.15) is 6.92 Å². The predicted molar refractivity (Wildman–Crippen MR) is 69.8 cm³/mol. The number of carbonyl (C=O) groups excluding carboxylic acids is 1. The lowest BCUT2D eigenvalue weighted by Crippen LogP contribution is -2.33. The molecule has 0 unspecified atom stereocenters. The van der Waals surface area contributed by atoms with E-state index in [1.54, 1.807) is 12.1 Å². The van der Waals surface area contributed by atoms with Gasteiger partial charge in [-0.2, -0.15) is 0 Å². The van der Waals surface area contributed by atoms with Gasteiger partial charge in [0.15, 0.2) is 9.84 Å². The van der Waals surface area contributed by atoms with E-state index in [4.69, 9.17) is 5.73 Å². The van der Waals surface area contributed by atoms with E-state index in [1.807, 2.05) is 24.3 Å². The van der Waals surface area contributed by atoms with Crippen LogP contribution in [0.2, 0.25) is 0 Å². The Bertz CT molecular complexity index is 707. The van der Waals surface area contributed by atoms with Crippen LogP contribution in [-0.2, 0) is 14.6 Å². The second-order valence-electron chi connectivity index (χ2n) is 4.10. The second kappa shape index (κ2) is 4.42. The van der Waals surface area contributed by atoms with Gasteiger partial charge in [-0.05, 0) is 29.8 Å². The van der Waals surface area contributed by atoms with Crippen LogP contribution in [0.15, 0.2) is 47.4 Å². The first-order valence-electron chi connectivity index (χ1n) is 5.45. The first-order valence-corrected chi connectivity index (χ1v) is 6.99. The molecule has 2 aromatic carbocycles. The quantitative estimate of drug-likeness (QED) is 0.911. The van der Waals surface area contributed by atoms with Crippen LogP contribution in [0.25, 0.3) is 10.8 Å². The van der Waals surface area contributed by atoms with Gasteiger partial charge in [0.05, 0.1) is 4.90 Å². The lowest BCUT2D eigenvalue weighted by Gasteiger charge is -2.10. The van der Waals surface area contributed by atoms with Crippen LogP contribution in [0.4, 0.5) is 0 Å². The van der Waals surface area contributed by atoms with Gasteiger partial charge in [0, 0.05) is 0 Å². The monoisotopic (exact) mass is 263 g/mol. The molecule has 0 aliphatic heterocycles. The molecule has 0 spiro atoms. The van der Waals surface area contributed by atoms with Crippen LogP contribution in [0.3, 0.4) is 0 Å². The van der Waals surface area contributed by atoms with E-state index in [-0.39, 0.29) is 4.90 Å². The summed E-state index contributed by atoms with van der Waals surface area (Å²) in [5.41, 5.74) is 5.05. The Labute approximate surface area is 105 Å². The molecule has 1 amide bonds. The van der Waals surface area contributed by atoms with Gasteiger partial charge in [-0.25, -0.2) is 8.42 Å². The van der Waals surface area contributed by atoms with Crippen molar-refractivity contribution in [3.8, 4) is 0 Å². The first-order chi connectivity index (χ1) is 8.43. The average Bonchev–Trinajstić information content (AvgIpc) is 2.37. The summed E-state index contributed by atoms with van der Waals surface area (Å²) in [7, 11) is -3.70. The fraction of sp³-hybridized carbons (Fsp3) is 0.154. The number of benzene rings is 2. The molecule has 0 saturated heterocycles. The SMILES string of the molecule is C[C@H](C(N)=O)S(=O)(=O)c1ccc2ccccc2c1. The molecule has 2 N–H and O–H groups in total. The normalized spacial score (nSPS) is 13.4. The molecule has 0 saturated carbocycles. The highest BCUT2D eigenvalue weighted by atomic mass is 32.2. The summed E-state index contributed by atoms with van der Waals surface area (Å²) in [6, 6.07) is 12.2. The minimum Gasteiger partial charge on any atom is -0.369 e. The zero-order valence-electron chi connectivity index (χ0n) is 9.83. The maximum absolute atomic E-state index is 12.1. The van der Waals surface area contributed by atoms with Gasteiger partial charge in [-0.1, -0.05) is 30.3 Å². The van der Waals surface area contributed by atoms with E-state index in [0.29, 0.717) is 0 Å². The Morgan fingerprint density at radius 3 is 2.33 bits per heavy atom. The Morgan fingerprint density at radius 1 is 1.11 bits per heavy atom.